The van der Waals surface area contributed by atoms with Gasteiger partial charge < -0.3 is 4.74 Å². The van der Waals surface area contributed by atoms with Gasteiger partial charge in [0.15, 0.2) is 0 Å². The van der Waals surface area contributed by atoms with E-state index in [1.165, 1.54) is 0 Å². The van der Waals surface area contributed by atoms with Gasteiger partial charge in [-0.05, 0) is 13.8 Å². The van der Waals surface area contributed by atoms with Crippen LogP contribution < -0.4 is 0 Å². The van der Waals surface area contributed by atoms with Crippen molar-refractivity contribution >= 4 is 11.6 Å². The summed E-state index contributed by atoms with van der Waals surface area (Å²) in [6.45, 7) is 4.71. The molecule has 1 aliphatic rings. The molecule has 2 atom stereocenters. The van der Waals surface area contributed by atoms with Gasteiger partial charge in [-0.25, -0.2) is 0 Å². The molecule has 0 saturated carbocycles. The molecule has 2 unspecified atom stereocenters. The summed E-state index contributed by atoms with van der Waals surface area (Å²) in [4.78, 5) is 9.62. The lowest BCUT2D eigenvalue weighted by Crippen LogP contribution is -2.34. The van der Waals surface area contributed by atoms with Crippen molar-refractivity contribution in [3.8, 4) is 0 Å². The van der Waals surface area contributed by atoms with Crippen LogP contribution in [0.4, 0.5) is 0 Å². The molecule has 0 N–H and O–H groups in total. The number of nitro groups is 1. The fraction of sp³-hybridized carbons (Fsp3) is 1.00. The third kappa shape index (κ3) is 2.81. The van der Waals surface area contributed by atoms with Gasteiger partial charge in [-0.15, -0.1) is 11.6 Å². The zero-order chi connectivity index (χ0) is 10.1. The third-order valence-electron chi connectivity index (χ3n) is 2.46. The molecule has 1 aliphatic heterocycles. The fourth-order valence-electron chi connectivity index (χ4n) is 1.73. The Morgan fingerprint density at radius 1 is 1.62 bits per heavy atom. The van der Waals surface area contributed by atoms with Crippen molar-refractivity contribution in [1.29, 1.82) is 0 Å². The molecular formula is C8H14ClNO3. The Kier molecular flexibility index (Phi) is 3.14. The normalized spacial score (nSPS) is 29.2. The van der Waals surface area contributed by atoms with Gasteiger partial charge in [-0.1, -0.05) is 0 Å². The predicted molar refractivity (Wildman–Crippen MR) is 49.6 cm³/mol. The van der Waals surface area contributed by atoms with Crippen LogP contribution in [0.25, 0.3) is 0 Å². The first-order valence-electron chi connectivity index (χ1n) is 4.29. The minimum atomic E-state index is -0.419. The number of hydrogen-bond donors (Lipinski definition) is 0. The van der Waals surface area contributed by atoms with Crippen LogP contribution in [-0.2, 0) is 4.74 Å². The first-order valence-corrected chi connectivity index (χ1v) is 4.67. The van der Waals surface area contributed by atoms with Crippen LogP contribution in [0.2, 0.25) is 0 Å². The molecule has 0 aliphatic carbocycles. The minimum Gasteiger partial charge on any atom is -0.381 e. The highest BCUT2D eigenvalue weighted by Gasteiger charge is 2.41. The van der Waals surface area contributed by atoms with Crippen molar-refractivity contribution in [2.45, 2.75) is 18.7 Å². The number of ether oxygens (including phenoxy) is 1. The Morgan fingerprint density at radius 3 is 2.69 bits per heavy atom. The Morgan fingerprint density at radius 2 is 2.23 bits per heavy atom. The molecule has 1 saturated heterocycles. The van der Waals surface area contributed by atoms with E-state index in [1.807, 2.05) is 13.8 Å². The van der Waals surface area contributed by atoms with Gasteiger partial charge in [-0.2, -0.15) is 0 Å². The zero-order valence-electron chi connectivity index (χ0n) is 7.83. The van der Waals surface area contributed by atoms with Crippen LogP contribution in [0.1, 0.15) is 13.8 Å². The Bertz CT molecular complexity index is 202. The largest absolute Gasteiger partial charge is 0.381 e. The average Bonchev–Trinajstić information content (AvgIpc) is 2.31. The molecule has 0 aromatic rings. The van der Waals surface area contributed by atoms with E-state index in [0.29, 0.717) is 13.2 Å². The summed E-state index contributed by atoms with van der Waals surface area (Å²) in [6, 6.07) is 0. The van der Waals surface area contributed by atoms with Crippen molar-refractivity contribution in [3.63, 3.8) is 0 Å². The number of rotatable bonds is 3. The van der Waals surface area contributed by atoms with Crippen molar-refractivity contribution in [1.82, 2.24) is 0 Å². The molecule has 13 heavy (non-hydrogen) atoms. The molecule has 0 aromatic heterocycles. The zero-order valence-corrected chi connectivity index (χ0v) is 8.58. The molecule has 0 spiro atoms. The summed E-state index contributed by atoms with van der Waals surface area (Å²) in [5.41, 5.74) is 0. The lowest BCUT2D eigenvalue weighted by atomic mass is 9.85. The second kappa shape index (κ2) is 3.80. The summed E-state index contributed by atoms with van der Waals surface area (Å²) in [7, 11) is 0. The van der Waals surface area contributed by atoms with E-state index in [1.54, 1.807) is 0 Å². The SMILES string of the molecule is CC(C)(Cl)C1COCC1C[N+](=O)[O-]. The second-order valence-electron chi connectivity index (χ2n) is 3.98. The molecule has 1 fully saturated rings. The van der Waals surface area contributed by atoms with Crippen LogP contribution in [0.15, 0.2) is 0 Å². The maximum atomic E-state index is 10.3. The summed E-state index contributed by atoms with van der Waals surface area (Å²) in [5, 5.41) is 10.3. The number of alkyl halides is 1. The van der Waals surface area contributed by atoms with E-state index in [0.717, 1.165) is 0 Å². The molecule has 0 amide bonds. The van der Waals surface area contributed by atoms with Gasteiger partial charge in [0.1, 0.15) is 0 Å². The Hall–Kier alpha value is -0.350. The van der Waals surface area contributed by atoms with Gasteiger partial charge in [-0.3, -0.25) is 10.1 Å². The molecule has 5 heteroatoms. The maximum absolute atomic E-state index is 10.3. The topological polar surface area (TPSA) is 52.4 Å². The van der Waals surface area contributed by atoms with Gasteiger partial charge in [0.2, 0.25) is 6.54 Å². The van der Waals surface area contributed by atoms with E-state index >= 15 is 0 Å². The molecular weight excluding hydrogens is 194 g/mol. The van der Waals surface area contributed by atoms with E-state index in [2.05, 4.69) is 0 Å². The molecule has 0 bridgehead atoms. The first-order chi connectivity index (χ1) is 5.91. The quantitative estimate of drug-likeness (QED) is 0.401. The van der Waals surface area contributed by atoms with Crippen molar-refractivity contribution in [2.24, 2.45) is 11.8 Å². The van der Waals surface area contributed by atoms with Crippen molar-refractivity contribution in [3.05, 3.63) is 10.1 Å². The van der Waals surface area contributed by atoms with Crippen molar-refractivity contribution < 1.29 is 9.66 Å². The van der Waals surface area contributed by atoms with E-state index < -0.39 is 4.87 Å². The maximum Gasteiger partial charge on any atom is 0.209 e. The molecule has 1 heterocycles. The number of nitrogens with zero attached hydrogens (tertiary/aromatic N) is 1. The third-order valence-corrected chi connectivity index (χ3v) is 2.74. The number of halogens is 1. The van der Waals surface area contributed by atoms with E-state index in [-0.39, 0.29) is 23.3 Å². The molecule has 76 valence electrons. The summed E-state index contributed by atoms with van der Waals surface area (Å²) in [5.74, 6) is 0.0436. The van der Waals surface area contributed by atoms with Crippen LogP contribution >= 0.6 is 11.6 Å². The smallest absolute Gasteiger partial charge is 0.209 e. The highest BCUT2D eigenvalue weighted by Crippen LogP contribution is 2.35. The van der Waals surface area contributed by atoms with Crippen LogP contribution in [0.3, 0.4) is 0 Å². The second-order valence-corrected chi connectivity index (χ2v) is 4.96. The number of hydrogen-bond acceptors (Lipinski definition) is 3. The molecule has 0 radical (unpaired) electrons. The monoisotopic (exact) mass is 207 g/mol. The lowest BCUT2D eigenvalue weighted by molar-refractivity contribution is -0.489. The van der Waals surface area contributed by atoms with Gasteiger partial charge in [0, 0.05) is 15.7 Å². The highest BCUT2D eigenvalue weighted by atomic mass is 35.5. The van der Waals surface area contributed by atoms with E-state index in [9.17, 15) is 10.1 Å². The first kappa shape index (κ1) is 10.7. The molecule has 1 rings (SSSR count). The highest BCUT2D eigenvalue weighted by molar-refractivity contribution is 6.23. The van der Waals surface area contributed by atoms with E-state index in [4.69, 9.17) is 16.3 Å². The van der Waals surface area contributed by atoms with Crippen LogP contribution in [0, 0.1) is 22.0 Å². The summed E-state index contributed by atoms with van der Waals surface area (Å²) >= 11 is 6.12. The summed E-state index contributed by atoms with van der Waals surface area (Å²) < 4.78 is 5.21. The van der Waals surface area contributed by atoms with Gasteiger partial charge >= 0.3 is 0 Å². The van der Waals surface area contributed by atoms with Crippen LogP contribution in [-0.4, -0.2) is 29.6 Å². The molecule has 0 aromatic carbocycles. The minimum absolute atomic E-state index is 0.0394. The lowest BCUT2D eigenvalue weighted by Gasteiger charge is -2.26. The average molecular weight is 208 g/mol. The molecule has 4 nitrogen and oxygen atoms in total. The standard InChI is InChI=1S/C8H14ClNO3/c1-8(2,9)7-5-13-4-6(7)3-10(11)12/h6-7H,3-5H2,1-2H3. The Balaban J connectivity index is 2.59. The fourth-order valence-corrected chi connectivity index (χ4v) is 1.97. The van der Waals surface area contributed by atoms with Crippen molar-refractivity contribution in [2.75, 3.05) is 19.8 Å². The summed E-state index contributed by atoms with van der Waals surface area (Å²) in [6.07, 6.45) is 0. The van der Waals surface area contributed by atoms with Crippen LogP contribution in [0.5, 0.6) is 0 Å². The Labute approximate surface area is 82.4 Å². The predicted octanol–water partition coefficient (Wildman–Crippen LogP) is 1.54. The van der Waals surface area contributed by atoms with Gasteiger partial charge in [0.05, 0.1) is 19.1 Å². The van der Waals surface area contributed by atoms with Gasteiger partial charge in [0.25, 0.3) is 0 Å².